The summed E-state index contributed by atoms with van der Waals surface area (Å²) in [5, 5.41) is 9.44. The molecule has 0 aliphatic rings. The first kappa shape index (κ1) is 14.3. The van der Waals surface area contributed by atoms with Gasteiger partial charge in [0.2, 0.25) is 0 Å². The number of aromatic nitrogens is 1. The highest BCUT2D eigenvalue weighted by Crippen LogP contribution is 2.39. The SMILES string of the molecule is Cc1cc(F)ccc1-c1nc(N)sc1N=Nc1ccccc1. The zero-order valence-electron chi connectivity index (χ0n) is 11.8. The zero-order chi connectivity index (χ0) is 15.5. The monoisotopic (exact) mass is 312 g/mol. The lowest BCUT2D eigenvalue weighted by atomic mass is 10.1. The predicted molar refractivity (Wildman–Crippen MR) is 87.3 cm³/mol. The van der Waals surface area contributed by atoms with Gasteiger partial charge in [0.15, 0.2) is 10.1 Å². The second-order valence-corrected chi connectivity index (χ2v) is 5.71. The molecule has 0 aliphatic heterocycles. The number of aryl methyl sites for hydroxylation is 1. The average molecular weight is 312 g/mol. The van der Waals surface area contributed by atoms with Crippen molar-refractivity contribution in [2.24, 2.45) is 10.2 Å². The molecule has 0 amide bonds. The predicted octanol–water partition coefficient (Wildman–Crippen LogP) is 5.26. The third kappa shape index (κ3) is 3.01. The maximum atomic E-state index is 13.3. The van der Waals surface area contributed by atoms with Crippen LogP contribution in [0.15, 0.2) is 58.8 Å². The van der Waals surface area contributed by atoms with Crippen molar-refractivity contribution >= 4 is 27.2 Å². The number of benzene rings is 2. The Hall–Kier alpha value is -2.60. The van der Waals surface area contributed by atoms with Gasteiger partial charge in [-0.1, -0.05) is 29.5 Å². The van der Waals surface area contributed by atoms with Crippen LogP contribution in [0, 0.1) is 12.7 Å². The number of azo groups is 1. The summed E-state index contributed by atoms with van der Waals surface area (Å²) in [5.41, 5.74) is 8.75. The topological polar surface area (TPSA) is 63.6 Å². The highest BCUT2D eigenvalue weighted by molar-refractivity contribution is 7.19. The van der Waals surface area contributed by atoms with E-state index in [9.17, 15) is 4.39 Å². The molecular formula is C16H13FN4S. The van der Waals surface area contributed by atoms with Crippen molar-refractivity contribution in [2.75, 3.05) is 5.73 Å². The molecule has 0 aliphatic carbocycles. The fourth-order valence-electron chi connectivity index (χ4n) is 2.06. The molecule has 22 heavy (non-hydrogen) atoms. The number of hydrogen-bond donors (Lipinski definition) is 1. The van der Waals surface area contributed by atoms with Crippen LogP contribution in [0.2, 0.25) is 0 Å². The van der Waals surface area contributed by atoms with Crippen molar-refractivity contribution in [1.82, 2.24) is 4.98 Å². The van der Waals surface area contributed by atoms with Crippen molar-refractivity contribution < 1.29 is 4.39 Å². The van der Waals surface area contributed by atoms with E-state index < -0.39 is 0 Å². The van der Waals surface area contributed by atoms with Crippen LogP contribution in [0.3, 0.4) is 0 Å². The first-order valence-electron chi connectivity index (χ1n) is 6.63. The van der Waals surface area contributed by atoms with E-state index in [1.165, 1.54) is 23.5 Å². The molecule has 0 saturated heterocycles. The minimum absolute atomic E-state index is 0.281. The molecule has 110 valence electrons. The molecular weight excluding hydrogens is 299 g/mol. The van der Waals surface area contributed by atoms with E-state index in [1.54, 1.807) is 6.07 Å². The van der Waals surface area contributed by atoms with Gasteiger partial charge >= 0.3 is 0 Å². The van der Waals surface area contributed by atoms with E-state index in [0.717, 1.165) is 16.8 Å². The molecule has 0 spiro atoms. The summed E-state index contributed by atoms with van der Waals surface area (Å²) in [5.74, 6) is -0.281. The lowest BCUT2D eigenvalue weighted by Gasteiger charge is -2.03. The summed E-state index contributed by atoms with van der Waals surface area (Å²) in [6, 6.07) is 13.9. The standard InChI is InChI=1S/C16H13FN4S/c1-10-9-11(17)7-8-13(10)14-15(22-16(18)19-14)21-20-12-5-3-2-4-6-12/h2-9H,1H3,(H2,18,19). The van der Waals surface area contributed by atoms with Gasteiger partial charge in [-0.05, 0) is 42.8 Å². The maximum Gasteiger partial charge on any atom is 0.182 e. The van der Waals surface area contributed by atoms with Crippen molar-refractivity contribution in [2.45, 2.75) is 6.92 Å². The average Bonchev–Trinajstić information content (AvgIpc) is 2.87. The van der Waals surface area contributed by atoms with Crippen molar-refractivity contribution in [3.8, 4) is 11.3 Å². The Morgan fingerprint density at radius 1 is 1.09 bits per heavy atom. The van der Waals surface area contributed by atoms with Crippen LogP contribution in [-0.2, 0) is 0 Å². The van der Waals surface area contributed by atoms with Gasteiger partial charge in [-0.3, -0.25) is 0 Å². The third-order valence-corrected chi connectivity index (χ3v) is 3.85. The molecule has 2 aromatic carbocycles. The number of halogens is 1. The van der Waals surface area contributed by atoms with Crippen LogP contribution >= 0.6 is 11.3 Å². The van der Waals surface area contributed by atoms with E-state index >= 15 is 0 Å². The minimum Gasteiger partial charge on any atom is -0.375 e. The van der Waals surface area contributed by atoms with E-state index in [-0.39, 0.29) is 5.82 Å². The second kappa shape index (κ2) is 6.03. The van der Waals surface area contributed by atoms with Gasteiger partial charge < -0.3 is 5.73 Å². The third-order valence-electron chi connectivity index (χ3n) is 3.08. The van der Waals surface area contributed by atoms with Crippen LogP contribution in [0.1, 0.15) is 5.56 Å². The number of rotatable bonds is 3. The number of thiazole rings is 1. The molecule has 3 aromatic rings. The van der Waals surface area contributed by atoms with Crippen LogP contribution in [0.5, 0.6) is 0 Å². The fourth-order valence-corrected chi connectivity index (χ4v) is 2.73. The first-order valence-corrected chi connectivity index (χ1v) is 7.45. The van der Waals surface area contributed by atoms with Gasteiger partial charge in [-0.15, -0.1) is 10.2 Å². The van der Waals surface area contributed by atoms with E-state index in [4.69, 9.17) is 5.73 Å². The highest BCUT2D eigenvalue weighted by atomic mass is 32.1. The van der Waals surface area contributed by atoms with Gasteiger partial charge in [0.05, 0.1) is 5.69 Å². The van der Waals surface area contributed by atoms with Crippen LogP contribution in [-0.4, -0.2) is 4.98 Å². The summed E-state index contributed by atoms with van der Waals surface area (Å²) in [6.45, 7) is 1.83. The van der Waals surface area contributed by atoms with Crippen LogP contribution in [0.4, 0.5) is 20.2 Å². The molecule has 0 radical (unpaired) electrons. The summed E-state index contributed by atoms with van der Waals surface area (Å²) in [6.07, 6.45) is 0. The molecule has 1 aromatic heterocycles. The molecule has 0 bridgehead atoms. The van der Waals surface area contributed by atoms with Crippen LogP contribution < -0.4 is 5.73 Å². The van der Waals surface area contributed by atoms with Crippen molar-refractivity contribution in [3.05, 3.63) is 59.9 Å². The van der Waals surface area contributed by atoms with Gasteiger partial charge in [0.1, 0.15) is 11.5 Å². The van der Waals surface area contributed by atoms with Gasteiger partial charge in [-0.25, -0.2) is 9.37 Å². The minimum atomic E-state index is -0.281. The number of nitrogens with two attached hydrogens (primary N) is 1. The smallest absolute Gasteiger partial charge is 0.182 e. The Kier molecular flexibility index (Phi) is 3.93. The Balaban J connectivity index is 2.01. The van der Waals surface area contributed by atoms with E-state index in [0.29, 0.717) is 15.8 Å². The molecule has 0 atom stereocenters. The molecule has 0 unspecified atom stereocenters. The summed E-state index contributed by atoms with van der Waals surface area (Å²) in [7, 11) is 0. The summed E-state index contributed by atoms with van der Waals surface area (Å²) < 4.78 is 13.3. The Morgan fingerprint density at radius 3 is 2.59 bits per heavy atom. The number of hydrogen-bond acceptors (Lipinski definition) is 5. The second-order valence-electron chi connectivity index (χ2n) is 4.70. The molecule has 1 heterocycles. The Bertz CT molecular complexity index is 827. The molecule has 0 fully saturated rings. The van der Waals surface area contributed by atoms with Crippen molar-refractivity contribution in [3.63, 3.8) is 0 Å². The van der Waals surface area contributed by atoms with Gasteiger partial charge in [0.25, 0.3) is 0 Å². The lowest BCUT2D eigenvalue weighted by molar-refractivity contribution is 0.627. The maximum absolute atomic E-state index is 13.3. The van der Waals surface area contributed by atoms with Crippen molar-refractivity contribution in [1.29, 1.82) is 0 Å². The fraction of sp³-hybridized carbons (Fsp3) is 0.0625. The molecule has 4 nitrogen and oxygen atoms in total. The van der Waals surface area contributed by atoms with Gasteiger partial charge in [-0.2, -0.15) is 0 Å². The molecule has 2 N–H and O–H groups in total. The van der Waals surface area contributed by atoms with E-state index in [1.807, 2.05) is 37.3 Å². The summed E-state index contributed by atoms with van der Waals surface area (Å²) >= 11 is 1.25. The molecule has 0 saturated carbocycles. The lowest BCUT2D eigenvalue weighted by Crippen LogP contribution is -1.87. The van der Waals surface area contributed by atoms with E-state index in [2.05, 4.69) is 15.2 Å². The number of nitrogen functional groups attached to an aromatic ring is 1. The largest absolute Gasteiger partial charge is 0.375 e. The number of nitrogens with zero attached hydrogens (tertiary/aromatic N) is 3. The highest BCUT2D eigenvalue weighted by Gasteiger charge is 2.14. The Morgan fingerprint density at radius 2 is 1.86 bits per heavy atom. The molecule has 6 heteroatoms. The quantitative estimate of drug-likeness (QED) is 0.671. The van der Waals surface area contributed by atoms with Gasteiger partial charge in [0, 0.05) is 5.56 Å². The Labute approximate surface area is 131 Å². The number of anilines is 1. The molecule has 3 rings (SSSR count). The summed E-state index contributed by atoms with van der Waals surface area (Å²) in [4.78, 5) is 4.30. The zero-order valence-corrected chi connectivity index (χ0v) is 12.6. The normalized spacial score (nSPS) is 11.2. The van der Waals surface area contributed by atoms with Crippen LogP contribution in [0.25, 0.3) is 11.3 Å². The first-order chi connectivity index (χ1) is 10.6.